The van der Waals surface area contributed by atoms with Gasteiger partial charge in [-0.3, -0.25) is 0 Å². The number of rotatable bonds is 4. The third-order valence-corrected chi connectivity index (χ3v) is 4.60. The molecule has 4 heteroatoms. The molecule has 1 N–H and O–H groups in total. The van der Waals surface area contributed by atoms with Gasteiger partial charge in [0.1, 0.15) is 0 Å². The summed E-state index contributed by atoms with van der Waals surface area (Å²) in [6.45, 7) is 8.16. The largest absolute Gasteiger partial charge is 0.389 e. The van der Waals surface area contributed by atoms with Gasteiger partial charge < -0.3 is 14.6 Å². The number of halogens is 1. The average molecular weight is 326 g/mol. The summed E-state index contributed by atoms with van der Waals surface area (Å²) in [6, 6.07) is 0. The van der Waals surface area contributed by atoms with E-state index in [9.17, 15) is 5.11 Å². The molecule has 0 radical (unpaired) electrons. The van der Waals surface area contributed by atoms with Crippen LogP contribution in [0.2, 0.25) is 0 Å². The fourth-order valence-electron chi connectivity index (χ4n) is 1.73. The molecule has 15 heavy (non-hydrogen) atoms. The van der Waals surface area contributed by atoms with Gasteiger partial charge in [-0.2, -0.15) is 0 Å². The highest BCUT2D eigenvalue weighted by Gasteiger charge is 2.41. The minimum atomic E-state index is -0.394. The molecule has 0 aromatic rings. The van der Waals surface area contributed by atoms with Gasteiger partial charge in [-0.15, -0.1) is 6.58 Å². The van der Waals surface area contributed by atoms with E-state index in [2.05, 4.69) is 29.2 Å². The molecule has 0 aromatic heterocycles. The van der Waals surface area contributed by atoms with Gasteiger partial charge >= 0.3 is 0 Å². The standard InChI is InChI=1S/C11H19IO3/c1-4-6-14-11-7(3)9(12)10(13)8(5-2)15-11/h4,7-11,13H,1,5-6H2,2-3H3/t7?,8?,9?,10-,11+/m0/s1. The zero-order valence-electron chi connectivity index (χ0n) is 9.23. The van der Waals surface area contributed by atoms with Crippen molar-refractivity contribution in [3.8, 4) is 0 Å². The number of hydrogen-bond acceptors (Lipinski definition) is 3. The molecule has 1 aliphatic heterocycles. The van der Waals surface area contributed by atoms with Gasteiger partial charge in [-0.1, -0.05) is 42.5 Å². The predicted octanol–water partition coefficient (Wildman–Crippen LogP) is 2.12. The van der Waals surface area contributed by atoms with E-state index in [1.807, 2.05) is 13.8 Å². The van der Waals surface area contributed by atoms with Gasteiger partial charge in [0, 0.05) is 9.84 Å². The van der Waals surface area contributed by atoms with Gasteiger partial charge in [-0.25, -0.2) is 0 Å². The quantitative estimate of drug-likeness (QED) is 0.489. The summed E-state index contributed by atoms with van der Waals surface area (Å²) in [5.74, 6) is 0.198. The van der Waals surface area contributed by atoms with Crippen molar-refractivity contribution in [3.63, 3.8) is 0 Å². The predicted molar refractivity (Wildman–Crippen MR) is 68.1 cm³/mol. The molecule has 5 atom stereocenters. The first-order chi connectivity index (χ1) is 7.11. The highest BCUT2D eigenvalue weighted by Crippen LogP contribution is 2.32. The Balaban J connectivity index is 2.60. The van der Waals surface area contributed by atoms with E-state index < -0.39 is 6.10 Å². The molecule has 0 bridgehead atoms. The summed E-state index contributed by atoms with van der Waals surface area (Å²) in [4.78, 5) is 0. The highest BCUT2D eigenvalue weighted by atomic mass is 127. The van der Waals surface area contributed by atoms with Gasteiger partial charge in [0.05, 0.1) is 18.8 Å². The normalized spacial score (nSPS) is 41.5. The smallest absolute Gasteiger partial charge is 0.162 e. The van der Waals surface area contributed by atoms with Crippen molar-refractivity contribution >= 4 is 22.6 Å². The zero-order valence-corrected chi connectivity index (χ0v) is 11.4. The van der Waals surface area contributed by atoms with Crippen molar-refractivity contribution in [3.05, 3.63) is 12.7 Å². The molecule has 0 aliphatic carbocycles. The van der Waals surface area contributed by atoms with E-state index in [0.717, 1.165) is 6.42 Å². The van der Waals surface area contributed by atoms with Crippen LogP contribution < -0.4 is 0 Å². The van der Waals surface area contributed by atoms with Crippen LogP contribution in [0, 0.1) is 5.92 Å². The van der Waals surface area contributed by atoms with Gasteiger partial charge in [0.25, 0.3) is 0 Å². The molecule has 0 saturated carbocycles. The molecule has 0 spiro atoms. The third kappa shape index (κ3) is 3.15. The Labute approximate surface area is 105 Å². The Morgan fingerprint density at radius 1 is 1.60 bits per heavy atom. The maximum Gasteiger partial charge on any atom is 0.162 e. The van der Waals surface area contributed by atoms with E-state index in [-0.39, 0.29) is 22.2 Å². The summed E-state index contributed by atoms with van der Waals surface area (Å²) in [7, 11) is 0. The summed E-state index contributed by atoms with van der Waals surface area (Å²) in [5.41, 5.74) is 0. The highest BCUT2D eigenvalue weighted by molar-refractivity contribution is 14.1. The molecular weight excluding hydrogens is 307 g/mol. The van der Waals surface area contributed by atoms with E-state index in [4.69, 9.17) is 9.47 Å². The SMILES string of the molecule is C=CCO[C@@H]1OC(CC)[C@H](O)C(I)C1C. The van der Waals surface area contributed by atoms with Crippen LogP contribution in [0.1, 0.15) is 20.3 Å². The fourth-order valence-corrected chi connectivity index (χ4v) is 2.54. The molecule has 1 rings (SSSR count). The van der Waals surface area contributed by atoms with Crippen molar-refractivity contribution in [1.82, 2.24) is 0 Å². The van der Waals surface area contributed by atoms with E-state index in [0.29, 0.717) is 6.61 Å². The summed E-state index contributed by atoms with van der Waals surface area (Å²) >= 11 is 2.28. The lowest BCUT2D eigenvalue weighted by atomic mass is 9.94. The van der Waals surface area contributed by atoms with Crippen LogP contribution in [0.3, 0.4) is 0 Å². The minimum absolute atomic E-state index is 0.113. The summed E-state index contributed by atoms with van der Waals surface area (Å²) in [6.07, 6.45) is 1.79. The third-order valence-electron chi connectivity index (χ3n) is 2.73. The molecule has 1 aliphatic rings. The Morgan fingerprint density at radius 3 is 2.80 bits per heavy atom. The summed E-state index contributed by atoms with van der Waals surface area (Å²) in [5, 5.41) is 9.94. The first-order valence-electron chi connectivity index (χ1n) is 5.31. The second-order valence-corrected chi connectivity index (χ2v) is 5.31. The van der Waals surface area contributed by atoms with Crippen molar-refractivity contribution in [1.29, 1.82) is 0 Å². The van der Waals surface area contributed by atoms with Crippen molar-refractivity contribution in [2.75, 3.05) is 6.61 Å². The molecule has 3 unspecified atom stereocenters. The molecule has 0 amide bonds. The zero-order chi connectivity index (χ0) is 11.4. The Hall–Kier alpha value is 0.350. The minimum Gasteiger partial charge on any atom is -0.389 e. The summed E-state index contributed by atoms with van der Waals surface area (Å²) < 4.78 is 11.4. The van der Waals surface area contributed by atoms with Gasteiger partial charge in [0.15, 0.2) is 6.29 Å². The maximum atomic E-state index is 9.94. The Morgan fingerprint density at radius 2 is 2.27 bits per heavy atom. The molecule has 88 valence electrons. The fraction of sp³-hybridized carbons (Fsp3) is 0.818. The lowest BCUT2D eigenvalue weighted by molar-refractivity contribution is -0.237. The van der Waals surface area contributed by atoms with Crippen LogP contribution in [-0.4, -0.2) is 34.1 Å². The molecule has 3 nitrogen and oxygen atoms in total. The Kier molecular flexibility index (Phi) is 5.52. The first kappa shape index (κ1) is 13.4. The second-order valence-electron chi connectivity index (χ2n) is 3.87. The molecule has 1 fully saturated rings. The monoisotopic (exact) mass is 326 g/mol. The van der Waals surface area contributed by atoms with Crippen molar-refractivity contribution in [2.45, 2.75) is 42.7 Å². The molecular formula is C11H19IO3. The van der Waals surface area contributed by atoms with Gasteiger partial charge in [0.2, 0.25) is 0 Å². The van der Waals surface area contributed by atoms with Crippen LogP contribution in [0.5, 0.6) is 0 Å². The van der Waals surface area contributed by atoms with Crippen molar-refractivity contribution < 1.29 is 14.6 Å². The Bertz CT molecular complexity index is 208. The van der Waals surface area contributed by atoms with Gasteiger partial charge in [-0.05, 0) is 6.42 Å². The van der Waals surface area contributed by atoms with E-state index in [1.54, 1.807) is 6.08 Å². The molecule has 0 aromatic carbocycles. The average Bonchev–Trinajstić information content (AvgIpc) is 2.25. The number of ether oxygens (including phenoxy) is 2. The molecule has 1 heterocycles. The van der Waals surface area contributed by atoms with Crippen molar-refractivity contribution in [2.24, 2.45) is 5.92 Å². The first-order valence-corrected chi connectivity index (χ1v) is 6.56. The molecule has 1 saturated heterocycles. The second kappa shape index (κ2) is 6.18. The van der Waals surface area contributed by atoms with Crippen LogP contribution in [0.4, 0.5) is 0 Å². The van der Waals surface area contributed by atoms with E-state index in [1.165, 1.54) is 0 Å². The van der Waals surface area contributed by atoms with Crippen LogP contribution in [0.25, 0.3) is 0 Å². The van der Waals surface area contributed by atoms with Crippen LogP contribution in [0.15, 0.2) is 12.7 Å². The van der Waals surface area contributed by atoms with E-state index >= 15 is 0 Å². The number of aliphatic hydroxyl groups excluding tert-OH is 1. The maximum absolute atomic E-state index is 9.94. The lowest BCUT2D eigenvalue weighted by Crippen LogP contribution is -2.51. The number of alkyl halides is 1. The number of aliphatic hydroxyl groups is 1. The topological polar surface area (TPSA) is 38.7 Å². The van der Waals surface area contributed by atoms with Crippen LogP contribution >= 0.6 is 22.6 Å². The lowest BCUT2D eigenvalue weighted by Gasteiger charge is -2.41. The number of hydrogen-bond donors (Lipinski definition) is 1. The van der Waals surface area contributed by atoms with Crippen LogP contribution in [-0.2, 0) is 9.47 Å².